The number of carbonyl (C=O) groups is 1. The molecule has 2 heterocycles. The lowest BCUT2D eigenvalue weighted by molar-refractivity contribution is 0.215. The molecular weight excluding hydrogens is 398 g/mol. The van der Waals surface area contributed by atoms with E-state index in [0.717, 1.165) is 23.5 Å². The van der Waals surface area contributed by atoms with E-state index in [1.54, 1.807) is 35.1 Å². The number of nitrogens with one attached hydrogen (secondary N) is 1. The molecule has 9 nitrogen and oxygen atoms in total. The fraction of sp³-hybridized carbons (Fsp3) is 0.273. The van der Waals surface area contributed by atoms with Gasteiger partial charge in [-0.1, -0.05) is 0 Å². The van der Waals surface area contributed by atoms with E-state index in [-0.39, 0.29) is 0 Å². The van der Waals surface area contributed by atoms with Crippen molar-refractivity contribution in [2.45, 2.75) is 0 Å². The van der Waals surface area contributed by atoms with Crippen LogP contribution in [-0.4, -0.2) is 49.2 Å². The average molecular weight is 423 g/mol. The van der Waals surface area contributed by atoms with Crippen LogP contribution in [0.3, 0.4) is 0 Å². The third-order valence-corrected chi connectivity index (χ3v) is 4.94. The highest BCUT2D eigenvalue weighted by Crippen LogP contribution is 2.35. The molecule has 0 atom stereocenters. The van der Waals surface area contributed by atoms with Crippen LogP contribution in [0.1, 0.15) is 0 Å². The summed E-state index contributed by atoms with van der Waals surface area (Å²) in [6.45, 7) is 2.19. The van der Waals surface area contributed by atoms with Crippen LogP contribution >= 0.6 is 0 Å². The van der Waals surface area contributed by atoms with Crippen molar-refractivity contribution >= 4 is 17.5 Å². The summed E-state index contributed by atoms with van der Waals surface area (Å²) in [5.41, 5.74) is 8.73. The second-order valence-electron chi connectivity index (χ2n) is 7.10. The lowest BCUT2D eigenvalue weighted by atomic mass is 10.1. The Labute approximate surface area is 180 Å². The van der Waals surface area contributed by atoms with Gasteiger partial charge in [0.15, 0.2) is 0 Å². The van der Waals surface area contributed by atoms with Gasteiger partial charge in [0.05, 0.1) is 17.9 Å². The van der Waals surface area contributed by atoms with Crippen LogP contribution in [0.4, 0.5) is 16.2 Å². The van der Waals surface area contributed by atoms with E-state index < -0.39 is 6.09 Å². The Hall–Kier alpha value is -3.72. The van der Waals surface area contributed by atoms with E-state index >= 15 is 0 Å². The highest BCUT2D eigenvalue weighted by molar-refractivity contribution is 5.88. The number of nitrogens with zero attached hydrogens (tertiary/aromatic N) is 3. The molecule has 2 aromatic carbocycles. The van der Waals surface area contributed by atoms with Gasteiger partial charge >= 0.3 is 6.09 Å². The Balaban J connectivity index is 1.51. The first-order valence-electron chi connectivity index (χ1n) is 9.97. The fourth-order valence-corrected chi connectivity index (χ4v) is 3.39. The maximum atomic E-state index is 12.5. The number of aromatic nitrogens is 2. The smallest absolute Gasteiger partial charge is 0.417 e. The van der Waals surface area contributed by atoms with Crippen molar-refractivity contribution in [3.8, 4) is 28.5 Å². The van der Waals surface area contributed by atoms with Crippen molar-refractivity contribution in [1.29, 1.82) is 0 Å². The van der Waals surface area contributed by atoms with Gasteiger partial charge in [-0.3, -0.25) is 10.00 Å². The zero-order valence-corrected chi connectivity index (χ0v) is 17.5. The monoisotopic (exact) mass is 423 g/mol. The highest BCUT2D eigenvalue weighted by atomic mass is 16.6. The first kappa shape index (κ1) is 20.5. The lowest BCUT2D eigenvalue weighted by Gasteiger charge is -2.27. The number of benzene rings is 2. The molecule has 0 saturated carbocycles. The molecule has 3 aromatic rings. The standard InChI is InChI=1S/C22H25N5O4/c1-26-10-12-30-21-14-16(4-5-19(21)26)31-22(28)25-15-3-6-20(29-11-8-23)17(13-15)18-7-9-24-27(18)2/h3-7,9,13-14H,8,10-12,23H2,1-2H3,(H,25,28). The SMILES string of the molecule is CN1CCOc2cc(OC(=O)Nc3ccc(OCCN)c(-c4ccnn4C)c3)ccc21. The first-order valence-corrected chi connectivity index (χ1v) is 9.97. The number of carbonyl (C=O) groups excluding carboxylic acids is 1. The van der Waals surface area contributed by atoms with Crippen molar-refractivity contribution < 1.29 is 19.0 Å². The van der Waals surface area contributed by atoms with E-state index in [1.165, 1.54) is 0 Å². The molecule has 3 N–H and O–H groups in total. The number of nitrogens with two attached hydrogens (primary N) is 1. The number of amides is 1. The first-order chi connectivity index (χ1) is 15.0. The van der Waals surface area contributed by atoms with Gasteiger partial charge in [0.2, 0.25) is 0 Å². The Morgan fingerprint density at radius 3 is 2.87 bits per heavy atom. The molecule has 1 amide bonds. The number of aryl methyl sites for hydroxylation is 1. The fourth-order valence-electron chi connectivity index (χ4n) is 3.39. The zero-order valence-electron chi connectivity index (χ0n) is 17.5. The summed E-state index contributed by atoms with van der Waals surface area (Å²) in [4.78, 5) is 14.6. The molecule has 1 aliphatic rings. The number of hydrogen-bond donors (Lipinski definition) is 2. The van der Waals surface area contributed by atoms with Gasteiger partial charge in [0, 0.05) is 44.2 Å². The topological polar surface area (TPSA) is 104 Å². The third-order valence-electron chi connectivity index (χ3n) is 4.94. The van der Waals surface area contributed by atoms with E-state index in [1.807, 2.05) is 32.3 Å². The predicted octanol–water partition coefficient (Wildman–Crippen LogP) is 2.86. The number of likely N-dealkylation sites (N-methyl/N-ethyl adjacent to an activating group) is 1. The number of ether oxygens (including phenoxy) is 3. The molecule has 1 aromatic heterocycles. The minimum Gasteiger partial charge on any atom is -0.492 e. The van der Waals surface area contributed by atoms with Crippen molar-refractivity contribution in [3.63, 3.8) is 0 Å². The van der Waals surface area contributed by atoms with Crippen molar-refractivity contribution in [1.82, 2.24) is 9.78 Å². The van der Waals surface area contributed by atoms with Gasteiger partial charge in [0.25, 0.3) is 0 Å². The van der Waals surface area contributed by atoms with Gasteiger partial charge in [-0.15, -0.1) is 0 Å². The van der Waals surface area contributed by atoms with Gasteiger partial charge in [0.1, 0.15) is 30.5 Å². The Morgan fingerprint density at radius 1 is 1.23 bits per heavy atom. The van der Waals surface area contributed by atoms with Gasteiger partial charge in [-0.25, -0.2) is 4.79 Å². The quantitative estimate of drug-likeness (QED) is 0.628. The van der Waals surface area contributed by atoms with Gasteiger partial charge in [-0.2, -0.15) is 5.10 Å². The van der Waals surface area contributed by atoms with Crippen LogP contribution in [0, 0.1) is 0 Å². The molecule has 0 aliphatic carbocycles. The van der Waals surface area contributed by atoms with E-state index in [2.05, 4.69) is 15.3 Å². The molecule has 31 heavy (non-hydrogen) atoms. The minimum absolute atomic E-state index is 0.384. The Morgan fingerprint density at radius 2 is 2.10 bits per heavy atom. The molecular formula is C22H25N5O4. The molecule has 162 valence electrons. The molecule has 0 spiro atoms. The van der Waals surface area contributed by atoms with Crippen molar-refractivity contribution in [2.75, 3.05) is 43.6 Å². The summed E-state index contributed by atoms with van der Waals surface area (Å²) in [5, 5.41) is 6.97. The van der Waals surface area contributed by atoms with Crippen molar-refractivity contribution in [3.05, 3.63) is 48.7 Å². The van der Waals surface area contributed by atoms with Gasteiger partial charge in [-0.05, 0) is 36.4 Å². The van der Waals surface area contributed by atoms with E-state index in [9.17, 15) is 4.79 Å². The molecule has 0 radical (unpaired) electrons. The lowest BCUT2D eigenvalue weighted by Crippen LogP contribution is -2.28. The molecule has 9 heteroatoms. The third kappa shape index (κ3) is 4.56. The molecule has 0 bridgehead atoms. The minimum atomic E-state index is -0.601. The average Bonchev–Trinajstić information content (AvgIpc) is 3.18. The van der Waals surface area contributed by atoms with E-state index in [4.69, 9.17) is 19.9 Å². The maximum Gasteiger partial charge on any atom is 0.417 e. The van der Waals surface area contributed by atoms with E-state index in [0.29, 0.717) is 42.7 Å². The van der Waals surface area contributed by atoms with Crippen LogP contribution in [0.2, 0.25) is 0 Å². The highest BCUT2D eigenvalue weighted by Gasteiger charge is 2.17. The summed E-state index contributed by atoms with van der Waals surface area (Å²) in [5.74, 6) is 1.75. The number of hydrogen-bond acceptors (Lipinski definition) is 7. The number of anilines is 2. The molecule has 0 fully saturated rings. The Kier molecular flexibility index (Phi) is 5.94. The van der Waals surface area contributed by atoms with Crippen LogP contribution < -0.4 is 30.2 Å². The normalized spacial score (nSPS) is 12.7. The zero-order chi connectivity index (χ0) is 21.8. The predicted molar refractivity (Wildman–Crippen MR) is 118 cm³/mol. The summed E-state index contributed by atoms with van der Waals surface area (Å²) in [6.07, 6.45) is 1.10. The maximum absolute atomic E-state index is 12.5. The summed E-state index contributed by atoms with van der Waals surface area (Å²) >= 11 is 0. The van der Waals surface area contributed by atoms with Gasteiger partial charge < -0.3 is 24.8 Å². The van der Waals surface area contributed by atoms with Crippen LogP contribution in [0.25, 0.3) is 11.3 Å². The number of rotatable bonds is 6. The summed E-state index contributed by atoms with van der Waals surface area (Å²) in [7, 11) is 3.83. The second kappa shape index (κ2) is 8.97. The van der Waals surface area contributed by atoms with Crippen LogP contribution in [0.5, 0.6) is 17.2 Å². The van der Waals surface area contributed by atoms with Crippen LogP contribution in [-0.2, 0) is 7.05 Å². The van der Waals surface area contributed by atoms with Crippen molar-refractivity contribution in [2.24, 2.45) is 12.8 Å². The molecule has 0 saturated heterocycles. The molecule has 4 rings (SSSR count). The molecule has 1 aliphatic heterocycles. The molecule has 0 unspecified atom stereocenters. The largest absolute Gasteiger partial charge is 0.492 e. The summed E-state index contributed by atoms with van der Waals surface area (Å²) < 4.78 is 18.6. The number of fused-ring (bicyclic) bond motifs is 1. The second-order valence-corrected chi connectivity index (χ2v) is 7.10. The summed E-state index contributed by atoms with van der Waals surface area (Å²) in [6, 6.07) is 12.6. The Bertz CT molecular complexity index is 1080. The van der Waals surface area contributed by atoms with Crippen LogP contribution in [0.15, 0.2) is 48.7 Å².